The number of hydrogen-bond acceptors (Lipinski definition) is 5. The average Bonchev–Trinajstić information content (AvgIpc) is 2.95. The van der Waals surface area contributed by atoms with Crippen LogP contribution < -0.4 is 15.0 Å². The van der Waals surface area contributed by atoms with Gasteiger partial charge in [-0.1, -0.05) is 36.4 Å². The molecule has 7 heteroatoms. The minimum Gasteiger partial charge on any atom is -0.482 e. The smallest absolute Gasteiger partial charge is 0.290 e. The van der Waals surface area contributed by atoms with Gasteiger partial charge in [-0.3, -0.25) is 19.7 Å². The molecule has 3 amide bonds. The van der Waals surface area contributed by atoms with Gasteiger partial charge in [-0.15, -0.1) is 0 Å². The number of anilines is 1. The number of fused-ring (bicyclic) bond motifs is 1. The van der Waals surface area contributed by atoms with E-state index in [-0.39, 0.29) is 17.8 Å². The maximum atomic E-state index is 12.4. The van der Waals surface area contributed by atoms with Crippen LogP contribution in [0.15, 0.2) is 53.4 Å². The van der Waals surface area contributed by atoms with E-state index in [1.807, 2.05) is 30.3 Å². The normalized spacial score (nSPS) is 17.9. The van der Waals surface area contributed by atoms with E-state index >= 15 is 0 Å². The van der Waals surface area contributed by atoms with Crippen LogP contribution in [-0.4, -0.2) is 23.7 Å². The molecule has 2 aromatic rings. The fraction of sp³-hybridized carbons (Fsp3) is 0.105. The molecule has 0 atom stereocenters. The number of ether oxygens (including phenoxy) is 1. The lowest BCUT2D eigenvalue weighted by Gasteiger charge is -2.29. The third kappa shape index (κ3) is 3.21. The van der Waals surface area contributed by atoms with E-state index in [2.05, 4.69) is 5.32 Å². The van der Waals surface area contributed by atoms with E-state index in [0.717, 1.165) is 17.3 Å². The van der Waals surface area contributed by atoms with Gasteiger partial charge in [0, 0.05) is 0 Å². The number of nitrogens with one attached hydrogen (secondary N) is 1. The van der Waals surface area contributed by atoms with Gasteiger partial charge in [0.15, 0.2) is 6.61 Å². The Balaban J connectivity index is 1.68. The van der Waals surface area contributed by atoms with Crippen molar-refractivity contribution >= 4 is 40.6 Å². The maximum Gasteiger partial charge on any atom is 0.290 e. The van der Waals surface area contributed by atoms with Crippen molar-refractivity contribution < 1.29 is 19.1 Å². The molecule has 2 aliphatic rings. The van der Waals surface area contributed by atoms with E-state index in [1.54, 1.807) is 29.2 Å². The van der Waals surface area contributed by atoms with Crippen LogP contribution in [0.2, 0.25) is 0 Å². The highest BCUT2D eigenvalue weighted by atomic mass is 32.2. The quantitative estimate of drug-likeness (QED) is 0.846. The molecule has 26 heavy (non-hydrogen) atoms. The van der Waals surface area contributed by atoms with Gasteiger partial charge >= 0.3 is 0 Å². The average molecular weight is 366 g/mol. The summed E-state index contributed by atoms with van der Waals surface area (Å²) in [5, 5.41) is 1.84. The molecule has 0 bridgehead atoms. The van der Waals surface area contributed by atoms with Crippen LogP contribution in [0, 0.1) is 0 Å². The number of rotatable bonds is 3. The number of amides is 3. The molecule has 2 aliphatic heterocycles. The standard InChI is InChI=1S/C19H14N2O4S/c22-17-11-25-15-7-6-13(9-16-18(23)20-19(24)26-16)8-14(15)21(17)10-12-4-2-1-3-5-12/h1-9H,10-11H2,(H,20,23,24)/b16-9-. The van der Waals surface area contributed by atoms with Gasteiger partial charge in [-0.05, 0) is 41.1 Å². The van der Waals surface area contributed by atoms with Crippen LogP contribution in [0.5, 0.6) is 5.75 Å². The van der Waals surface area contributed by atoms with Crippen LogP contribution in [0.1, 0.15) is 11.1 Å². The summed E-state index contributed by atoms with van der Waals surface area (Å²) in [5.74, 6) is 0.0720. The third-order valence-electron chi connectivity index (χ3n) is 4.05. The highest BCUT2D eigenvalue weighted by molar-refractivity contribution is 8.18. The summed E-state index contributed by atoms with van der Waals surface area (Å²) >= 11 is 0.860. The van der Waals surface area contributed by atoms with Gasteiger partial charge in [0.2, 0.25) is 0 Å². The highest BCUT2D eigenvalue weighted by Gasteiger charge is 2.27. The highest BCUT2D eigenvalue weighted by Crippen LogP contribution is 2.35. The van der Waals surface area contributed by atoms with Gasteiger partial charge < -0.3 is 9.64 Å². The van der Waals surface area contributed by atoms with Crippen LogP contribution >= 0.6 is 11.8 Å². The molecule has 0 unspecified atom stereocenters. The lowest BCUT2D eigenvalue weighted by molar-refractivity contribution is -0.121. The summed E-state index contributed by atoms with van der Waals surface area (Å²) in [7, 11) is 0. The lowest BCUT2D eigenvalue weighted by Crippen LogP contribution is -2.38. The summed E-state index contributed by atoms with van der Waals surface area (Å²) in [5.41, 5.74) is 2.37. The molecule has 2 aromatic carbocycles. The first-order valence-electron chi connectivity index (χ1n) is 7.96. The molecule has 0 saturated carbocycles. The monoisotopic (exact) mass is 366 g/mol. The third-order valence-corrected chi connectivity index (χ3v) is 4.86. The number of carbonyl (C=O) groups excluding carboxylic acids is 3. The Morgan fingerprint density at radius 2 is 1.92 bits per heavy atom. The first kappa shape index (κ1) is 16.4. The van der Waals surface area contributed by atoms with Crippen molar-refractivity contribution in [2.45, 2.75) is 6.54 Å². The minimum absolute atomic E-state index is 0.00692. The number of nitrogens with zero attached hydrogens (tertiary/aromatic N) is 1. The van der Waals surface area contributed by atoms with Gasteiger partial charge in [0.1, 0.15) is 5.75 Å². The van der Waals surface area contributed by atoms with Crippen LogP contribution in [0.4, 0.5) is 10.5 Å². The molecular weight excluding hydrogens is 352 g/mol. The maximum absolute atomic E-state index is 12.4. The summed E-state index contributed by atoms with van der Waals surface area (Å²) < 4.78 is 5.52. The summed E-state index contributed by atoms with van der Waals surface area (Å²) in [6, 6.07) is 15.0. The lowest BCUT2D eigenvalue weighted by atomic mass is 10.1. The Labute approximate surface area is 153 Å². The number of benzene rings is 2. The van der Waals surface area contributed by atoms with Crippen molar-refractivity contribution in [3.63, 3.8) is 0 Å². The summed E-state index contributed by atoms with van der Waals surface area (Å²) in [6.45, 7) is 0.427. The Hall–Kier alpha value is -3.06. The van der Waals surface area contributed by atoms with Gasteiger partial charge in [-0.2, -0.15) is 0 Å². The molecule has 0 aliphatic carbocycles. The fourth-order valence-corrected chi connectivity index (χ4v) is 3.50. The van der Waals surface area contributed by atoms with Gasteiger partial charge in [0.25, 0.3) is 17.1 Å². The number of thioether (sulfide) groups is 1. The molecule has 6 nitrogen and oxygen atoms in total. The van der Waals surface area contributed by atoms with Crippen molar-refractivity contribution in [3.05, 3.63) is 64.6 Å². The molecular formula is C19H14N2O4S. The SMILES string of the molecule is O=C1NC(=O)/C(=C/c2ccc3c(c2)N(Cc2ccccc2)C(=O)CO3)S1. The molecule has 4 rings (SSSR count). The summed E-state index contributed by atoms with van der Waals surface area (Å²) in [6.07, 6.45) is 1.63. The molecule has 130 valence electrons. The second kappa shape index (κ2) is 6.68. The van der Waals surface area contributed by atoms with Crippen molar-refractivity contribution in [3.8, 4) is 5.75 Å². The van der Waals surface area contributed by atoms with Crippen LogP contribution in [0.25, 0.3) is 6.08 Å². The Morgan fingerprint density at radius 3 is 2.65 bits per heavy atom. The topological polar surface area (TPSA) is 75.7 Å². The zero-order valence-electron chi connectivity index (χ0n) is 13.6. The molecule has 0 radical (unpaired) electrons. The van der Waals surface area contributed by atoms with Crippen molar-refractivity contribution in [1.82, 2.24) is 5.32 Å². The Kier molecular flexibility index (Phi) is 4.22. The van der Waals surface area contributed by atoms with E-state index in [9.17, 15) is 14.4 Å². The van der Waals surface area contributed by atoms with E-state index in [4.69, 9.17) is 4.74 Å². The van der Waals surface area contributed by atoms with Crippen molar-refractivity contribution in [2.75, 3.05) is 11.5 Å². The molecule has 1 saturated heterocycles. The van der Waals surface area contributed by atoms with Crippen molar-refractivity contribution in [1.29, 1.82) is 0 Å². The van der Waals surface area contributed by atoms with Crippen LogP contribution in [-0.2, 0) is 16.1 Å². The van der Waals surface area contributed by atoms with Crippen molar-refractivity contribution in [2.24, 2.45) is 0 Å². The molecule has 0 aromatic heterocycles. The number of imide groups is 1. The fourth-order valence-electron chi connectivity index (χ4n) is 2.82. The van der Waals surface area contributed by atoms with Crippen LogP contribution in [0.3, 0.4) is 0 Å². The number of hydrogen-bond donors (Lipinski definition) is 1. The molecule has 0 spiro atoms. The second-order valence-electron chi connectivity index (χ2n) is 5.83. The zero-order chi connectivity index (χ0) is 18.1. The van der Waals surface area contributed by atoms with E-state index < -0.39 is 5.91 Å². The molecule has 2 heterocycles. The van der Waals surface area contributed by atoms with E-state index in [0.29, 0.717) is 28.5 Å². The molecule has 1 fully saturated rings. The van der Waals surface area contributed by atoms with E-state index in [1.165, 1.54) is 0 Å². The minimum atomic E-state index is -0.411. The first-order chi connectivity index (χ1) is 12.6. The first-order valence-corrected chi connectivity index (χ1v) is 8.78. The largest absolute Gasteiger partial charge is 0.482 e. The second-order valence-corrected chi connectivity index (χ2v) is 6.85. The Bertz CT molecular complexity index is 940. The molecule has 1 N–H and O–H groups in total. The number of carbonyl (C=O) groups is 3. The Morgan fingerprint density at radius 1 is 1.12 bits per heavy atom. The summed E-state index contributed by atoms with van der Waals surface area (Å²) in [4.78, 5) is 37.4. The van der Waals surface area contributed by atoms with Gasteiger partial charge in [-0.25, -0.2) is 0 Å². The zero-order valence-corrected chi connectivity index (χ0v) is 14.4. The predicted molar refractivity (Wildman–Crippen MR) is 98.7 cm³/mol. The predicted octanol–water partition coefficient (Wildman–Crippen LogP) is 2.94. The van der Waals surface area contributed by atoms with Gasteiger partial charge in [0.05, 0.1) is 17.1 Å².